The molecule has 0 unspecified atom stereocenters. The summed E-state index contributed by atoms with van der Waals surface area (Å²) in [4.78, 5) is 0. The van der Waals surface area contributed by atoms with E-state index < -0.39 is 0 Å². The Labute approximate surface area is 67.3 Å². The van der Waals surface area contributed by atoms with E-state index in [0.29, 0.717) is 11.8 Å². The van der Waals surface area contributed by atoms with Gasteiger partial charge < -0.3 is 10.9 Å². The first-order valence-electron chi connectivity index (χ1n) is 4.21. The molecule has 1 saturated carbocycles. The third-order valence-corrected chi connectivity index (χ3v) is 2.55. The molecule has 0 heterocycles. The fraction of sp³-hybridized carbons (Fsp3) is 0.875. The van der Waals surface area contributed by atoms with E-state index in [-0.39, 0.29) is 0 Å². The zero-order valence-electron chi connectivity index (χ0n) is 6.95. The van der Waals surface area contributed by atoms with Gasteiger partial charge in [0, 0.05) is 5.92 Å². The summed E-state index contributed by atoms with van der Waals surface area (Å²) in [6.07, 6.45) is 4.58. The quantitative estimate of drug-likeness (QED) is 0.262. The van der Waals surface area contributed by atoms with Gasteiger partial charge in [0.1, 0.15) is 5.84 Å². The number of nitrogens with zero attached hydrogens (tertiary/aromatic N) is 1. The topological polar surface area (TPSA) is 58.6 Å². The lowest BCUT2D eigenvalue weighted by molar-refractivity contribution is 0.298. The van der Waals surface area contributed by atoms with Crippen molar-refractivity contribution in [2.75, 3.05) is 0 Å². The maximum atomic E-state index is 8.42. The summed E-state index contributed by atoms with van der Waals surface area (Å²) >= 11 is 0. The fourth-order valence-corrected chi connectivity index (χ4v) is 1.64. The molecule has 1 aliphatic carbocycles. The van der Waals surface area contributed by atoms with Crippen LogP contribution >= 0.6 is 0 Å². The van der Waals surface area contributed by atoms with Crippen molar-refractivity contribution in [3.05, 3.63) is 0 Å². The van der Waals surface area contributed by atoms with Crippen LogP contribution < -0.4 is 5.73 Å². The Kier molecular flexibility index (Phi) is 2.74. The highest BCUT2D eigenvalue weighted by molar-refractivity contribution is 5.82. The van der Waals surface area contributed by atoms with Gasteiger partial charge in [-0.05, 0) is 18.8 Å². The largest absolute Gasteiger partial charge is 0.409 e. The molecular formula is C8H16N2O. The number of hydrogen-bond donors (Lipinski definition) is 2. The Bertz CT molecular complexity index is 148. The minimum atomic E-state index is 0.330. The molecule has 3 N–H and O–H groups in total. The number of oxime groups is 1. The summed E-state index contributed by atoms with van der Waals surface area (Å²) in [6, 6.07) is 0. The first-order chi connectivity index (χ1) is 5.24. The van der Waals surface area contributed by atoms with Gasteiger partial charge in [-0.1, -0.05) is 24.9 Å². The smallest absolute Gasteiger partial charge is 0.142 e. The third-order valence-electron chi connectivity index (χ3n) is 2.55. The molecule has 0 bridgehead atoms. The molecule has 0 aromatic carbocycles. The van der Waals surface area contributed by atoms with Gasteiger partial charge in [0.25, 0.3) is 0 Å². The van der Waals surface area contributed by atoms with Crippen LogP contribution in [-0.2, 0) is 0 Å². The number of rotatable bonds is 1. The fourth-order valence-electron chi connectivity index (χ4n) is 1.64. The maximum absolute atomic E-state index is 8.42. The van der Waals surface area contributed by atoms with Gasteiger partial charge in [-0.2, -0.15) is 0 Å². The second kappa shape index (κ2) is 3.60. The molecular weight excluding hydrogens is 140 g/mol. The van der Waals surface area contributed by atoms with Crippen molar-refractivity contribution in [3.63, 3.8) is 0 Å². The standard InChI is InChI=1S/C8H16N2O/c1-6-2-4-7(5-3-6)8(9)10-11/h6-7,11H,2-5H2,1H3,(H2,9,10). The molecule has 0 saturated heterocycles. The Hall–Kier alpha value is -0.730. The Morgan fingerprint density at radius 3 is 2.36 bits per heavy atom. The van der Waals surface area contributed by atoms with Crippen LogP contribution in [0.4, 0.5) is 0 Å². The summed E-state index contributed by atoms with van der Waals surface area (Å²) in [5, 5.41) is 11.4. The molecule has 3 heteroatoms. The van der Waals surface area contributed by atoms with E-state index in [0.717, 1.165) is 18.8 Å². The molecule has 1 fully saturated rings. The van der Waals surface area contributed by atoms with Gasteiger partial charge in [0.05, 0.1) is 0 Å². The molecule has 0 spiro atoms. The van der Waals surface area contributed by atoms with E-state index in [2.05, 4.69) is 12.1 Å². The molecule has 0 aliphatic heterocycles. The summed E-state index contributed by atoms with van der Waals surface area (Å²) in [5.41, 5.74) is 5.49. The van der Waals surface area contributed by atoms with Gasteiger partial charge >= 0.3 is 0 Å². The maximum Gasteiger partial charge on any atom is 0.142 e. The zero-order chi connectivity index (χ0) is 8.27. The number of hydrogen-bond acceptors (Lipinski definition) is 2. The van der Waals surface area contributed by atoms with Crippen molar-refractivity contribution in [2.45, 2.75) is 32.6 Å². The summed E-state index contributed by atoms with van der Waals surface area (Å²) in [5.74, 6) is 1.56. The normalized spacial score (nSPS) is 33.7. The van der Waals surface area contributed by atoms with Crippen molar-refractivity contribution in [3.8, 4) is 0 Å². The van der Waals surface area contributed by atoms with Gasteiger partial charge in [-0.3, -0.25) is 0 Å². The molecule has 64 valence electrons. The SMILES string of the molecule is CC1CCC(C(N)=NO)CC1. The highest BCUT2D eigenvalue weighted by Crippen LogP contribution is 2.27. The van der Waals surface area contributed by atoms with Crippen LogP contribution in [0.2, 0.25) is 0 Å². The van der Waals surface area contributed by atoms with Gasteiger partial charge in [0.2, 0.25) is 0 Å². The lowest BCUT2D eigenvalue weighted by Crippen LogP contribution is -2.27. The second-order valence-corrected chi connectivity index (χ2v) is 3.48. The van der Waals surface area contributed by atoms with E-state index in [1.54, 1.807) is 0 Å². The zero-order valence-corrected chi connectivity index (χ0v) is 6.95. The second-order valence-electron chi connectivity index (χ2n) is 3.48. The van der Waals surface area contributed by atoms with Gasteiger partial charge in [-0.25, -0.2) is 0 Å². The molecule has 11 heavy (non-hydrogen) atoms. The van der Waals surface area contributed by atoms with Crippen LogP contribution in [-0.4, -0.2) is 11.0 Å². The van der Waals surface area contributed by atoms with E-state index in [1.165, 1.54) is 12.8 Å². The molecule has 3 nitrogen and oxygen atoms in total. The van der Waals surface area contributed by atoms with Gasteiger partial charge in [0.15, 0.2) is 0 Å². The third kappa shape index (κ3) is 2.10. The highest BCUT2D eigenvalue weighted by Gasteiger charge is 2.20. The molecule has 1 aliphatic rings. The van der Waals surface area contributed by atoms with Crippen LogP contribution in [0.1, 0.15) is 32.6 Å². The summed E-state index contributed by atoms with van der Waals surface area (Å²) < 4.78 is 0. The lowest BCUT2D eigenvalue weighted by atomic mass is 9.82. The molecule has 0 aromatic rings. The molecule has 0 atom stereocenters. The first kappa shape index (κ1) is 8.37. The Balaban J connectivity index is 2.39. The summed E-state index contributed by atoms with van der Waals surface area (Å²) in [7, 11) is 0. The number of amidine groups is 1. The molecule has 0 amide bonds. The van der Waals surface area contributed by atoms with Crippen molar-refractivity contribution < 1.29 is 5.21 Å². The van der Waals surface area contributed by atoms with Crippen molar-refractivity contribution in [1.82, 2.24) is 0 Å². The van der Waals surface area contributed by atoms with Crippen LogP contribution in [0, 0.1) is 11.8 Å². The van der Waals surface area contributed by atoms with Crippen LogP contribution in [0.15, 0.2) is 5.16 Å². The van der Waals surface area contributed by atoms with Crippen molar-refractivity contribution in [2.24, 2.45) is 22.7 Å². The van der Waals surface area contributed by atoms with E-state index >= 15 is 0 Å². The predicted octanol–water partition coefficient (Wildman–Crippen LogP) is 1.56. The Morgan fingerprint density at radius 1 is 1.36 bits per heavy atom. The molecule has 0 aromatic heterocycles. The molecule has 1 rings (SSSR count). The average Bonchev–Trinajstić information content (AvgIpc) is 2.05. The minimum absolute atomic E-state index is 0.330. The molecule has 0 radical (unpaired) electrons. The van der Waals surface area contributed by atoms with E-state index in [9.17, 15) is 0 Å². The Morgan fingerprint density at radius 2 is 1.91 bits per heavy atom. The monoisotopic (exact) mass is 156 g/mol. The van der Waals surface area contributed by atoms with Gasteiger partial charge in [-0.15, -0.1) is 0 Å². The van der Waals surface area contributed by atoms with Crippen LogP contribution in [0.25, 0.3) is 0 Å². The van der Waals surface area contributed by atoms with Crippen LogP contribution in [0.5, 0.6) is 0 Å². The average molecular weight is 156 g/mol. The summed E-state index contributed by atoms with van der Waals surface area (Å²) in [6.45, 7) is 2.25. The lowest BCUT2D eigenvalue weighted by Gasteiger charge is -2.24. The highest BCUT2D eigenvalue weighted by atomic mass is 16.4. The number of nitrogens with two attached hydrogens (primary N) is 1. The van der Waals surface area contributed by atoms with Crippen molar-refractivity contribution >= 4 is 5.84 Å². The van der Waals surface area contributed by atoms with Crippen molar-refractivity contribution in [1.29, 1.82) is 0 Å². The van der Waals surface area contributed by atoms with E-state index in [1.807, 2.05) is 0 Å². The van der Waals surface area contributed by atoms with E-state index in [4.69, 9.17) is 10.9 Å². The predicted molar refractivity (Wildman–Crippen MR) is 44.5 cm³/mol. The minimum Gasteiger partial charge on any atom is -0.409 e. The first-order valence-corrected chi connectivity index (χ1v) is 4.21. The van der Waals surface area contributed by atoms with Crippen LogP contribution in [0.3, 0.4) is 0 Å².